The molecule has 0 aliphatic heterocycles. The van der Waals surface area contributed by atoms with E-state index < -0.39 is 6.04 Å². The van der Waals surface area contributed by atoms with E-state index in [-0.39, 0.29) is 30.2 Å². The molecule has 1 saturated carbocycles. The second-order valence-corrected chi connectivity index (χ2v) is 10.1. The molecule has 196 valence electrons. The van der Waals surface area contributed by atoms with E-state index in [4.69, 9.17) is 0 Å². The summed E-state index contributed by atoms with van der Waals surface area (Å²) in [6, 6.07) is 19.0. The molecule has 1 aliphatic carbocycles. The van der Waals surface area contributed by atoms with Crippen molar-refractivity contribution < 1.29 is 14.7 Å². The third-order valence-electron chi connectivity index (χ3n) is 7.27. The monoisotopic (exact) mass is 511 g/mol. The molecule has 1 atom stereocenters. The first-order chi connectivity index (χ1) is 18.4. The molecular weight excluding hydrogens is 478 g/mol. The van der Waals surface area contributed by atoms with Gasteiger partial charge in [0.1, 0.15) is 23.9 Å². The topological polar surface area (TPSA) is 100 Å². The number of fused-ring (bicyclic) bond motifs is 1. The summed E-state index contributed by atoms with van der Waals surface area (Å²) in [4.78, 5) is 29.8. The van der Waals surface area contributed by atoms with E-state index in [0.717, 1.165) is 42.3 Å². The molecule has 1 aromatic heterocycles. The van der Waals surface area contributed by atoms with Gasteiger partial charge in [0.2, 0.25) is 11.8 Å². The van der Waals surface area contributed by atoms with Crippen LogP contribution >= 0.6 is 0 Å². The minimum Gasteiger partial charge on any atom is -0.508 e. The fraction of sp³-hybridized carbons (Fsp3) is 0.333. The van der Waals surface area contributed by atoms with E-state index >= 15 is 0 Å². The second-order valence-electron chi connectivity index (χ2n) is 10.1. The molecule has 0 unspecified atom stereocenters. The Morgan fingerprint density at radius 3 is 2.53 bits per heavy atom. The molecule has 3 aromatic carbocycles. The predicted molar refractivity (Wildman–Crippen MR) is 147 cm³/mol. The first kappa shape index (κ1) is 25.4. The summed E-state index contributed by atoms with van der Waals surface area (Å²) in [5.74, 6) is -0.426. The molecule has 38 heavy (non-hydrogen) atoms. The number of para-hydroxylation sites is 1. The highest BCUT2D eigenvalue weighted by atomic mass is 16.3. The smallest absolute Gasteiger partial charge is 0.249 e. The Hall–Kier alpha value is -4.20. The maximum absolute atomic E-state index is 14.2. The Kier molecular flexibility index (Phi) is 7.40. The van der Waals surface area contributed by atoms with Gasteiger partial charge in [-0.05, 0) is 73.7 Å². The average molecular weight is 512 g/mol. The number of carbonyl (C=O) groups excluding carboxylic acids is 2. The zero-order chi connectivity index (χ0) is 26.6. The van der Waals surface area contributed by atoms with Crippen molar-refractivity contribution in [1.29, 1.82) is 0 Å². The lowest BCUT2D eigenvalue weighted by atomic mass is 9.94. The predicted octanol–water partition coefficient (Wildman–Crippen LogP) is 4.98. The highest BCUT2D eigenvalue weighted by Crippen LogP contribution is 2.33. The van der Waals surface area contributed by atoms with Gasteiger partial charge < -0.3 is 10.4 Å². The maximum atomic E-state index is 14.2. The van der Waals surface area contributed by atoms with Crippen LogP contribution in [0.4, 0.5) is 5.69 Å². The third kappa shape index (κ3) is 5.39. The van der Waals surface area contributed by atoms with Crippen LogP contribution in [0.1, 0.15) is 54.8 Å². The molecule has 0 spiro atoms. The zero-order valence-electron chi connectivity index (χ0n) is 21.8. The number of nitrogens with zero attached hydrogens (tertiary/aromatic N) is 4. The molecule has 0 bridgehead atoms. The summed E-state index contributed by atoms with van der Waals surface area (Å²) in [5.41, 5.74) is 4.58. The largest absolute Gasteiger partial charge is 0.508 e. The number of carbonyl (C=O) groups is 2. The number of aromatic hydroxyl groups is 1. The van der Waals surface area contributed by atoms with Crippen molar-refractivity contribution in [3.05, 3.63) is 83.4 Å². The van der Waals surface area contributed by atoms with Crippen molar-refractivity contribution in [3.63, 3.8) is 0 Å². The van der Waals surface area contributed by atoms with E-state index in [0.29, 0.717) is 16.8 Å². The first-order valence-corrected chi connectivity index (χ1v) is 13.2. The number of amides is 2. The van der Waals surface area contributed by atoms with Gasteiger partial charge in [-0.15, -0.1) is 5.10 Å². The normalized spacial score (nSPS) is 14.8. The van der Waals surface area contributed by atoms with E-state index in [1.54, 1.807) is 33.8 Å². The van der Waals surface area contributed by atoms with Crippen LogP contribution in [0.3, 0.4) is 0 Å². The minimum absolute atomic E-state index is 0.0747. The third-order valence-corrected chi connectivity index (χ3v) is 7.27. The van der Waals surface area contributed by atoms with Gasteiger partial charge in [-0.25, -0.2) is 4.68 Å². The molecule has 8 nitrogen and oxygen atoms in total. The quantitative estimate of drug-likeness (QED) is 0.365. The van der Waals surface area contributed by atoms with Gasteiger partial charge in [-0.1, -0.05) is 60.9 Å². The van der Waals surface area contributed by atoms with Crippen molar-refractivity contribution in [2.75, 3.05) is 4.90 Å². The highest BCUT2D eigenvalue weighted by Gasteiger charge is 2.35. The van der Waals surface area contributed by atoms with Gasteiger partial charge in [0.25, 0.3) is 0 Å². The zero-order valence-corrected chi connectivity index (χ0v) is 21.8. The van der Waals surface area contributed by atoms with Crippen LogP contribution in [-0.2, 0) is 16.1 Å². The molecule has 1 aliphatic rings. The summed E-state index contributed by atoms with van der Waals surface area (Å²) in [5, 5.41) is 21.6. The number of phenols is 1. The van der Waals surface area contributed by atoms with Gasteiger partial charge >= 0.3 is 0 Å². The lowest BCUT2D eigenvalue weighted by Gasteiger charge is -2.34. The van der Waals surface area contributed by atoms with Gasteiger partial charge in [0.15, 0.2) is 0 Å². The summed E-state index contributed by atoms with van der Waals surface area (Å²) < 4.78 is 1.57. The number of anilines is 1. The molecule has 2 N–H and O–H groups in total. The van der Waals surface area contributed by atoms with Gasteiger partial charge in [-0.3, -0.25) is 14.5 Å². The molecule has 4 aromatic rings. The number of rotatable bonds is 7. The number of hydrogen-bond acceptors (Lipinski definition) is 5. The fourth-order valence-electron chi connectivity index (χ4n) is 5.24. The van der Waals surface area contributed by atoms with Crippen LogP contribution in [0.5, 0.6) is 5.75 Å². The summed E-state index contributed by atoms with van der Waals surface area (Å²) in [6.07, 6.45) is 5.18. The summed E-state index contributed by atoms with van der Waals surface area (Å²) in [7, 11) is 0. The van der Waals surface area contributed by atoms with E-state index in [2.05, 4.69) is 15.6 Å². The Labute approximate surface area is 222 Å². The fourth-order valence-corrected chi connectivity index (χ4v) is 5.24. The second kappa shape index (κ2) is 11.0. The van der Waals surface area contributed by atoms with Crippen LogP contribution in [0, 0.1) is 13.8 Å². The average Bonchev–Trinajstić information content (AvgIpc) is 3.32. The van der Waals surface area contributed by atoms with E-state index in [9.17, 15) is 14.7 Å². The van der Waals surface area contributed by atoms with E-state index in [1.807, 2.05) is 56.3 Å². The highest BCUT2D eigenvalue weighted by molar-refractivity contribution is 6.02. The van der Waals surface area contributed by atoms with Crippen LogP contribution in [-0.4, -0.2) is 38.0 Å². The standard InChI is InChI=1S/C30H33N5O3/c1-20-12-13-21(2)27(18-20)35(28(37)19-34-26-11-7-6-10-25(26)32-33-34)29(22-14-16-24(36)17-15-22)30(38)31-23-8-4-3-5-9-23/h6-7,10-18,23,29,36H,3-5,8-9,19H2,1-2H3,(H,31,38)/t29-/m1/s1. The number of aryl methyl sites for hydroxylation is 2. The molecular formula is C30H33N5O3. The molecule has 2 amide bonds. The number of aromatic nitrogens is 3. The summed E-state index contributed by atoms with van der Waals surface area (Å²) in [6.45, 7) is 3.82. The molecule has 0 radical (unpaired) electrons. The number of phenolic OH excluding ortho intramolecular Hbond substituents is 1. The SMILES string of the molecule is Cc1ccc(C)c(N(C(=O)Cn2nnc3ccccc32)[C@@H](C(=O)NC2CCCCC2)c2ccc(O)cc2)c1. The Morgan fingerprint density at radius 1 is 1.03 bits per heavy atom. The molecule has 1 fully saturated rings. The lowest BCUT2D eigenvalue weighted by molar-refractivity contribution is -0.127. The number of hydrogen-bond donors (Lipinski definition) is 2. The van der Waals surface area contributed by atoms with Crippen LogP contribution < -0.4 is 10.2 Å². The Bertz CT molecular complexity index is 1440. The van der Waals surface area contributed by atoms with Crippen molar-refractivity contribution >= 4 is 28.5 Å². The molecule has 0 saturated heterocycles. The van der Waals surface area contributed by atoms with Gasteiger partial charge in [-0.2, -0.15) is 0 Å². The van der Waals surface area contributed by atoms with Crippen molar-refractivity contribution in [2.45, 2.75) is 64.6 Å². The van der Waals surface area contributed by atoms with Gasteiger partial charge in [0, 0.05) is 11.7 Å². The van der Waals surface area contributed by atoms with Gasteiger partial charge in [0.05, 0.1) is 5.52 Å². The van der Waals surface area contributed by atoms with Crippen molar-refractivity contribution in [3.8, 4) is 5.75 Å². The minimum atomic E-state index is -0.930. The lowest BCUT2D eigenvalue weighted by Crippen LogP contribution is -2.48. The first-order valence-electron chi connectivity index (χ1n) is 13.2. The number of benzene rings is 3. The van der Waals surface area contributed by atoms with Crippen LogP contribution in [0.25, 0.3) is 11.0 Å². The Balaban J connectivity index is 1.59. The van der Waals surface area contributed by atoms with Crippen LogP contribution in [0.15, 0.2) is 66.7 Å². The summed E-state index contributed by atoms with van der Waals surface area (Å²) >= 11 is 0. The van der Waals surface area contributed by atoms with Crippen molar-refractivity contribution in [2.24, 2.45) is 0 Å². The molecule has 1 heterocycles. The van der Waals surface area contributed by atoms with E-state index in [1.165, 1.54) is 6.42 Å². The Morgan fingerprint density at radius 2 is 1.76 bits per heavy atom. The van der Waals surface area contributed by atoms with Crippen molar-refractivity contribution in [1.82, 2.24) is 20.3 Å². The van der Waals surface area contributed by atoms with Crippen LogP contribution in [0.2, 0.25) is 0 Å². The maximum Gasteiger partial charge on any atom is 0.249 e. The number of nitrogens with one attached hydrogen (secondary N) is 1. The molecule has 8 heteroatoms. The molecule has 5 rings (SSSR count).